The smallest absolute Gasteiger partial charge is 0.291 e. The topological polar surface area (TPSA) is 23.9 Å². The van der Waals surface area contributed by atoms with Crippen LogP contribution in [0.3, 0.4) is 0 Å². The predicted molar refractivity (Wildman–Crippen MR) is 27.8 cm³/mol. The van der Waals surface area contributed by atoms with E-state index in [0.717, 1.165) is 22.6 Å². The second-order valence-electron chi connectivity index (χ2n) is 0.812. The lowest BCUT2D eigenvalue weighted by atomic mass is 10.7. The number of hydrogen-bond acceptors (Lipinski definition) is 1. The van der Waals surface area contributed by atoms with Crippen LogP contribution in [0.25, 0.3) is 0 Å². The van der Waals surface area contributed by atoms with Crippen molar-refractivity contribution < 1.29 is 13.2 Å². The molecule has 42 valence electrons. The van der Waals surface area contributed by atoms with Gasteiger partial charge in [0.05, 0.1) is 0 Å². The molecule has 0 aromatic rings. The first-order chi connectivity index (χ1) is 2.94. The molecule has 0 atom stereocenters. The summed E-state index contributed by atoms with van der Waals surface area (Å²) in [6, 6.07) is 0. The number of hydrogen-bond donors (Lipinski definition) is 1. The third-order valence-electron chi connectivity index (χ3n) is 0.249. The second kappa shape index (κ2) is 1.97. The zero-order valence-electron chi connectivity index (χ0n) is 3.01. The Hall–Kier alpha value is 0.190. The van der Waals surface area contributed by atoms with Crippen LogP contribution < -0.4 is 0 Å². The molecule has 7 heavy (non-hydrogen) atoms. The van der Waals surface area contributed by atoms with Gasteiger partial charge >= 0.3 is 6.18 Å². The Morgan fingerprint density at radius 2 is 1.57 bits per heavy atom. The van der Waals surface area contributed by atoms with Crippen LogP contribution in [0.5, 0.6) is 0 Å². The maximum Gasteiger partial charge on any atom is 0.438 e. The lowest BCUT2D eigenvalue weighted by Crippen LogP contribution is -2.14. The van der Waals surface area contributed by atoms with Crippen molar-refractivity contribution in [3.8, 4) is 0 Å². The molecule has 0 unspecified atom stereocenters. The van der Waals surface area contributed by atoms with Crippen molar-refractivity contribution in [2.24, 2.45) is 0 Å². The van der Waals surface area contributed by atoms with E-state index in [0.29, 0.717) is 0 Å². The van der Waals surface area contributed by atoms with Crippen LogP contribution in [0, 0.1) is 5.41 Å². The van der Waals surface area contributed by atoms with Crippen LogP contribution >= 0.6 is 22.6 Å². The fraction of sp³-hybridized carbons (Fsp3) is 0.500. The zero-order chi connectivity index (χ0) is 6.08. The number of rotatable bonds is 0. The van der Waals surface area contributed by atoms with Crippen LogP contribution in [-0.4, -0.2) is 9.89 Å². The van der Waals surface area contributed by atoms with Gasteiger partial charge in [0.15, 0.2) is 3.72 Å². The summed E-state index contributed by atoms with van der Waals surface area (Å²) in [7, 11) is 0. The van der Waals surface area contributed by atoms with E-state index in [9.17, 15) is 13.2 Å². The van der Waals surface area contributed by atoms with Gasteiger partial charge in [-0.2, -0.15) is 13.2 Å². The first kappa shape index (κ1) is 7.19. The molecule has 0 fully saturated rings. The Morgan fingerprint density at radius 3 is 1.57 bits per heavy atom. The molecule has 0 aliphatic rings. The van der Waals surface area contributed by atoms with Crippen LogP contribution in [0.1, 0.15) is 0 Å². The van der Waals surface area contributed by atoms with Gasteiger partial charge in [-0.25, -0.2) is 0 Å². The van der Waals surface area contributed by atoms with Crippen molar-refractivity contribution in [2.45, 2.75) is 6.18 Å². The minimum absolute atomic E-state index is 0.908. The molecule has 0 aromatic heterocycles. The summed E-state index contributed by atoms with van der Waals surface area (Å²) in [6.45, 7) is 0. The minimum atomic E-state index is -4.43. The van der Waals surface area contributed by atoms with Crippen LogP contribution in [0.4, 0.5) is 13.2 Å². The molecule has 1 nitrogen and oxygen atoms in total. The fourth-order valence-electron chi connectivity index (χ4n) is 0. The molecule has 0 radical (unpaired) electrons. The molecule has 0 bridgehead atoms. The average molecular weight is 223 g/mol. The van der Waals surface area contributed by atoms with Gasteiger partial charge in [-0.1, -0.05) is 0 Å². The van der Waals surface area contributed by atoms with Gasteiger partial charge in [0.25, 0.3) is 0 Å². The Bertz CT molecular complexity index is 85.4. The SMILES string of the molecule is N=C(I)C(F)(F)F. The Morgan fingerprint density at radius 1 is 1.43 bits per heavy atom. The number of nitrogens with one attached hydrogen (secondary N) is 1. The van der Waals surface area contributed by atoms with Crippen molar-refractivity contribution in [1.82, 2.24) is 0 Å². The lowest BCUT2D eigenvalue weighted by Gasteiger charge is -1.97. The molecule has 0 heterocycles. The van der Waals surface area contributed by atoms with Crippen molar-refractivity contribution in [1.29, 1.82) is 5.41 Å². The standard InChI is InChI=1S/C2HF3IN/c3-2(4,5)1(6)7/h7H. The van der Waals surface area contributed by atoms with Gasteiger partial charge in [-0.3, -0.25) is 5.41 Å². The summed E-state index contributed by atoms with van der Waals surface area (Å²) in [5.41, 5.74) is 0. The monoisotopic (exact) mass is 223 g/mol. The summed E-state index contributed by atoms with van der Waals surface area (Å²) in [6.07, 6.45) is -4.43. The van der Waals surface area contributed by atoms with E-state index in [2.05, 4.69) is 0 Å². The highest BCUT2D eigenvalue weighted by molar-refractivity contribution is 14.1. The van der Waals surface area contributed by atoms with Crippen LogP contribution in [0.15, 0.2) is 0 Å². The third kappa shape index (κ3) is 2.84. The van der Waals surface area contributed by atoms with Gasteiger partial charge in [0, 0.05) is 0 Å². The van der Waals surface area contributed by atoms with Gasteiger partial charge < -0.3 is 0 Å². The summed E-state index contributed by atoms with van der Waals surface area (Å²) in [5.74, 6) is 0. The van der Waals surface area contributed by atoms with Gasteiger partial charge in [-0.05, 0) is 22.6 Å². The van der Waals surface area contributed by atoms with E-state index < -0.39 is 9.89 Å². The van der Waals surface area contributed by atoms with E-state index in [1.165, 1.54) is 0 Å². The molecular weight excluding hydrogens is 222 g/mol. The summed E-state index contributed by atoms with van der Waals surface area (Å²) >= 11 is 0.908. The lowest BCUT2D eigenvalue weighted by molar-refractivity contribution is -0.0551. The average Bonchev–Trinajstić information content (AvgIpc) is 1.31. The molecule has 0 saturated carbocycles. The Balaban J connectivity index is 3.79. The minimum Gasteiger partial charge on any atom is -0.291 e. The van der Waals surface area contributed by atoms with Gasteiger partial charge in [-0.15, -0.1) is 0 Å². The van der Waals surface area contributed by atoms with Gasteiger partial charge in [0.2, 0.25) is 0 Å². The largest absolute Gasteiger partial charge is 0.438 e. The highest BCUT2D eigenvalue weighted by atomic mass is 127. The first-order valence-corrected chi connectivity index (χ1v) is 2.33. The van der Waals surface area contributed by atoms with Crippen LogP contribution in [-0.2, 0) is 0 Å². The molecule has 0 aliphatic heterocycles. The first-order valence-electron chi connectivity index (χ1n) is 1.26. The van der Waals surface area contributed by atoms with E-state index >= 15 is 0 Å². The second-order valence-corrected chi connectivity index (χ2v) is 1.89. The van der Waals surface area contributed by atoms with E-state index in [4.69, 9.17) is 5.41 Å². The highest BCUT2D eigenvalue weighted by Crippen LogP contribution is 2.19. The highest BCUT2D eigenvalue weighted by Gasteiger charge is 2.31. The Kier molecular flexibility index (Phi) is 2.03. The molecule has 0 rings (SSSR count). The quantitative estimate of drug-likeness (QED) is 0.479. The van der Waals surface area contributed by atoms with Gasteiger partial charge in [0.1, 0.15) is 0 Å². The molecule has 0 spiro atoms. The van der Waals surface area contributed by atoms with Crippen molar-refractivity contribution >= 4 is 26.3 Å². The van der Waals surface area contributed by atoms with Crippen molar-refractivity contribution in [3.05, 3.63) is 0 Å². The number of alkyl halides is 3. The molecule has 0 aliphatic carbocycles. The van der Waals surface area contributed by atoms with E-state index in [1.54, 1.807) is 0 Å². The third-order valence-corrected chi connectivity index (χ3v) is 0.860. The number of halogens is 4. The van der Waals surface area contributed by atoms with Crippen molar-refractivity contribution in [2.75, 3.05) is 0 Å². The molecule has 0 aromatic carbocycles. The fourth-order valence-corrected chi connectivity index (χ4v) is 0. The van der Waals surface area contributed by atoms with E-state index in [-0.39, 0.29) is 0 Å². The van der Waals surface area contributed by atoms with E-state index in [1.807, 2.05) is 0 Å². The molecular formula is C2HF3IN. The predicted octanol–water partition coefficient (Wildman–Crippen LogP) is 1.96. The summed E-state index contributed by atoms with van der Waals surface area (Å²) < 4.78 is 31.6. The normalized spacial score (nSPS) is 11.4. The molecule has 0 amide bonds. The maximum atomic E-state index is 10.9. The maximum absolute atomic E-state index is 10.9. The molecule has 5 heteroatoms. The zero-order valence-corrected chi connectivity index (χ0v) is 5.17. The summed E-state index contributed by atoms with van der Waals surface area (Å²) in [5, 5.41) is 6.01. The van der Waals surface area contributed by atoms with Crippen LogP contribution in [0.2, 0.25) is 0 Å². The summed E-state index contributed by atoms with van der Waals surface area (Å²) in [4.78, 5) is 0. The molecule has 1 N–H and O–H groups in total. The Labute approximate surface area is 51.5 Å². The van der Waals surface area contributed by atoms with Crippen molar-refractivity contribution in [3.63, 3.8) is 0 Å². The molecule has 0 saturated heterocycles.